The maximum absolute atomic E-state index is 12.9. The Labute approximate surface area is 100 Å². The lowest BCUT2D eigenvalue weighted by atomic mass is 9.97. The van der Waals surface area contributed by atoms with Gasteiger partial charge in [0.05, 0.1) is 0 Å². The highest BCUT2D eigenvalue weighted by Gasteiger charge is 2.52. The Morgan fingerprint density at radius 2 is 1.88 bits per heavy atom. The minimum Gasteiger partial charge on any atom is -0.364 e. The molecule has 1 N–H and O–H groups in total. The summed E-state index contributed by atoms with van der Waals surface area (Å²) in [6.07, 6.45) is -4.29. The zero-order valence-corrected chi connectivity index (χ0v) is 10.6. The van der Waals surface area contributed by atoms with Gasteiger partial charge in [0, 0.05) is 0 Å². The van der Waals surface area contributed by atoms with Crippen molar-refractivity contribution in [2.75, 3.05) is 0 Å². The molecule has 0 rings (SSSR count). The van der Waals surface area contributed by atoms with E-state index in [1.165, 1.54) is 6.92 Å². The van der Waals surface area contributed by atoms with E-state index in [0.717, 1.165) is 13.3 Å². The summed E-state index contributed by atoms with van der Waals surface area (Å²) in [7, 11) is 0. The van der Waals surface area contributed by atoms with Crippen LogP contribution >= 0.6 is 0 Å². The summed E-state index contributed by atoms with van der Waals surface area (Å²) in [6, 6.07) is 0. The molecule has 0 heterocycles. The molecular weight excluding hydrogens is 233 g/mol. The van der Waals surface area contributed by atoms with Gasteiger partial charge in [-0.15, -0.1) is 0 Å². The van der Waals surface area contributed by atoms with E-state index in [1.54, 1.807) is 0 Å². The zero-order chi connectivity index (χ0) is 13.7. The third kappa shape index (κ3) is 5.08. The van der Waals surface area contributed by atoms with E-state index in [1.807, 2.05) is 6.92 Å². The SMILES string of the molecule is C=C(C)C(O)OC(C)(CCCCC)C(F)(F)F. The van der Waals surface area contributed by atoms with Crippen molar-refractivity contribution in [2.45, 2.75) is 64.5 Å². The predicted octanol–water partition coefficient (Wildman–Crippen LogP) is 3.80. The summed E-state index contributed by atoms with van der Waals surface area (Å²) in [6.45, 7) is 7.68. The third-order valence-electron chi connectivity index (χ3n) is 2.65. The molecule has 0 aromatic heterocycles. The highest BCUT2D eigenvalue weighted by molar-refractivity contribution is 4.95. The number of hydrogen-bond acceptors (Lipinski definition) is 2. The first kappa shape index (κ1) is 16.4. The second-order valence-electron chi connectivity index (χ2n) is 4.50. The third-order valence-corrected chi connectivity index (χ3v) is 2.65. The van der Waals surface area contributed by atoms with Gasteiger partial charge < -0.3 is 9.84 Å². The van der Waals surface area contributed by atoms with Crippen molar-refractivity contribution in [3.63, 3.8) is 0 Å². The van der Waals surface area contributed by atoms with Crippen LogP contribution in [0.25, 0.3) is 0 Å². The summed E-state index contributed by atoms with van der Waals surface area (Å²) in [4.78, 5) is 0. The molecule has 0 aliphatic carbocycles. The van der Waals surface area contributed by atoms with E-state index in [2.05, 4.69) is 6.58 Å². The molecule has 2 nitrogen and oxygen atoms in total. The summed E-state index contributed by atoms with van der Waals surface area (Å²) >= 11 is 0. The zero-order valence-electron chi connectivity index (χ0n) is 10.6. The number of hydrogen-bond donors (Lipinski definition) is 1. The fraction of sp³-hybridized carbons (Fsp3) is 0.833. The average molecular weight is 254 g/mol. The van der Waals surface area contributed by atoms with Crippen LogP contribution < -0.4 is 0 Å². The van der Waals surface area contributed by atoms with Gasteiger partial charge in [0.1, 0.15) is 0 Å². The number of aliphatic hydroxyl groups excluding tert-OH is 1. The van der Waals surface area contributed by atoms with Crippen LogP contribution in [0.15, 0.2) is 12.2 Å². The molecule has 0 aromatic rings. The van der Waals surface area contributed by atoms with E-state index in [4.69, 9.17) is 4.74 Å². The molecule has 102 valence electrons. The number of unbranched alkanes of at least 4 members (excludes halogenated alkanes) is 2. The van der Waals surface area contributed by atoms with E-state index in [-0.39, 0.29) is 12.0 Å². The van der Waals surface area contributed by atoms with Gasteiger partial charge in [-0.3, -0.25) is 0 Å². The fourth-order valence-corrected chi connectivity index (χ4v) is 1.33. The average Bonchev–Trinajstić information content (AvgIpc) is 2.16. The Balaban J connectivity index is 4.67. The largest absolute Gasteiger partial charge is 0.417 e. The Morgan fingerprint density at radius 3 is 2.24 bits per heavy atom. The van der Waals surface area contributed by atoms with E-state index >= 15 is 0 Å². The number of alkyl halides is 3. The smallest absolute Gasteiger partial charge is 0.364 e. The first-order valence-electron chi connectivity index (χ1n) is 5.72. The molecular formula is C12H21F3O2. The molecule has 0 radical (unpaired) electrons. The lowest BCUT2D eigenvalue weighted by Gasteiger charge is -2.34. The van der Waals surface area contributed by atoms with Gasteiger partial charge >= 0.3 is 6.18 Å². The van der Waals surface area contributed by atoms with E-state index in [9.17, 15) is 18.3 Å². The van der Waals surface area contributed by atoms with Crippen LogP contribution in [-0.2, 0) is 4.74 Å². The first-order valence-corrected chi connectivity index (χ1v) is 5.72. The molecule has 5 heteroatoms. The molecule has 0 aromatic carbocycles. The molecule has 0 aliphatic heterocycles. The van der Waals surface area contributed by atoms with Gasteiger partial charge in [-0.1, -0.05) is 32.8 Å². The summed E-state index contributed by atoms with van der Waals surface area (Å²) in [5.74, 6) is 0. The molecule has 2 unspecified atom stereocenters. The van der Waals surface area contributed by atoms with Gasteiger partial charge in [-0.05, 0) is 25.8 Å². The lowest BCUT2D eigenvalue weighted by Crippen LogP contribution is -2.47. The summed E-state index contributed by atoms with van der Waals surface area (Å²) < 4.78 is 43.4. The fourth-order valence-electron chi connectivity index (χ4n) is 1.33. The number of halogens is 3. The Kier molecular flexibility index (Phi) is 6.19. The van der Waals surface area contributed by atoms with Gasteiger partial charge in [-0.25, -0.2) is 0 Å². The van der Waals surface area contributed by atoms with Crippen molar-refractivity contribution in [1.82, 2.24) is 0 Å². The number of aliphatic hydroxyl groups is 1. The predicted molar refractivity (Wildman–Crippen MR) is 60.5 cm³/mol. The van der Waals surface area contributed by atoms with Gasteiger partial charge in [0.2, 0.25) is 0 Å². The second kappa shape index (κ2) is 6.40. The molecule has 0 spiro atoms. The van der Waals surface area contributed by atoms with Crippen LogP contribution in [0.4, 0.5) is 13.2 Å². The molecule has 0 saturated heterocycles. The standard InChI is InChI=1S/C12H21F3O2/c1-5-6-7-8-11(4,12(13,14)15)17-10(16)9(2)3/h10,16H,2,5-8H2,1,3-4H3. The highest BCUT2D eigenvalue weighted by Crippen LogP contribution is 2.38. The maximum Gasteiger partial charge on any atom is 0.417 e. The van der Waals surface area contributed by atoms with Crippen molar-refractivity contribution >= 4 is 0 Å². The molecule has 0 bridgehead atoms. The van der Waals surface area contributed by atoms with Crippen LogP contribution in [-0.4, -0.2) is 23.2 Å². The lowest BCUT2D eigenvalue weighted by molar-refractivity contribution is -0.306. The maximum atomic E-state index is 12.9. The number of ether oxygens (including phenoxy) is 1. The second-order valence-corrected chi connectivity index (χ2v) is 4.50. The minimum absolute atomic E-state index is 0.158. The number of rotatable bonds is 7. The van der Waals surface area contributed by atoms with E-state index < -0.39 is 18.1 Å². The Hall–Kier alpha value is -0.550. The summed E-state index contributed by atoms with van der Waals surface area (Å²) in [5, 5.41) is 9.36. The van der Waals surface area contributed by atoms with Crippen LogP contribution in [0.3, 0.4) is 0 Å². The van der Waals surface area contributed by atoms with Crippen LogP contribution in [0.2, 0.25) is 0 Å². The van der Waals surface area contributed by atoms with Crippen LogP contribution in [0.5, 0.6) is 0 Å². The Morgan fingerprint density at radius 1 is 1.35 bits per heavy atom. The molecule has 0 fully saturated rings. The van der Waals surface area contributed by atoms with Crippen molar-refractivity contribution in [2.24, 2.45) is 0 Å². The normalized spacial score (nSPS) is 17.6. The van der Waals surface area contributed by atoms with Crippen molar-refractivity contribution in [3.05, 3.63) is 12.2 Å². The quantitative estimate of drug-likeness (QED) is 0.425. The monoisotopic (exact) mass is 254 g/mol. The minimum atomic E-state index is -4.50. The van der Waals surface area contributed by atoms with Crippen molar-refractivity contribution in [1.29, 1.82) is 0 Å². The first-order chi connectivity index (χ1) is 7.64. The van der Waals surface area contributed by atoms with Gasteiger partial charge in [-0.2, -0.15) is 13.2 Å². The van der Waals surface area contributed by atoms with E-state index in [0.29, 0.717) is 12.8 Å². The molecule has 0 saturated carbocycles. The van der Waals surface area contributed by atoms with Crippen LogP contribution in [0, 0.1) is 0 Å². The highest BCUT2D eigenvalue weighted by atomic mass is 19.4. The molecule has 2 atom stereocenters. The molecule has 17 heavy (non-hydrogen) atoms. The van der Waals surface area contributed by atoms with Gasteiger partial charge in [0.15, 0.2) is 11.9 Å². The van der Waals surface area contributed by atoms with Crippen molar-refractivity contribution in [3.8, 4) is 0 Å². The van der Waals surface area contributed by atoms with Gasteiger partial charge in [0.25, 0.3) is 0 Å². The Bertz CT molecular complexity index is 251. The molecule has 0 aliphatic rings. The molecule has 0 amide bonds. The van der Waals surface area contributed by atoms with Crippen molar-refractivity contribution < 1.29 is 23.0 Å². The van der Waals surface area contributed by atoms with Crippen LogP contribution in [0.1, 0.15) is 46.5 Å². The summed E-state index contributed by atoms with van der Waals surface area (Å²) in [5.41, 5.74) is -2.16. The topological polar surface area (TPSA) is 29.5 Å².